The second-order valence-electron chi connectivity index (χ2n) is 4.39. The van der Waals surface area contributed by atoms with Crippen molar-refractivity contribution in [2.45, 2.75) is 40.0 Å². The Morgan fingerprint density at radius 1 is 1.06 bits per heavy atom. The van der Waals surface area contributed by atoms with Gasteiger partial charge in [0, 0.05) is 26.2 Å². The lowest BCUT2D eigenvalue weighted by atomic mass is 10.4. The van der Waals surface area contributed by atoms with Gasteiger partial charge in [-0.1, -0.05) is 20.8 Å². The lowest BCUT2D eigenvalue weighted by Crippen LogP contribution is -2.44. The number of hydrogen-bond acceptors (Lipinski definition) is 2. The van der Waals surface area contributed by atoms with Crippen LogP contribution in [0.15, 0.2) is 0 Å². The van der Waals surface area contributed by atoms with E-state index < -0.39 is 10.2 Å². The van der Waals surface area contributed by atoms with Crippen LogP contribution >= 0.6 is 0 Å². The predicted molar refractivity (Wildman–Crippen MR) is 66.4 cm³/mol. The zero-order valence-electron chi connectivity index (χ0n) is 10.6. The Balaban J connectivity index is 2.72. The van der Waals surface area contributed by atoms with Gasteiger partial charge in [-0.15, -0.1) is 0 Å². The first-order valence-corrected chi connectivity index (χ1v) is 7.71. The summed E-state index contributed by atoms with van der Waals surface area (Å²) >= 11 is 0. The van der Waals surface area contributed by atoms with Gasteiger partial charge in [0.1, 0.15) is 0 Å². The summed E-state index contributed by atoms with van der Waals surface area (Å²) < 4.78 is 27.8. The maximum Gasteiger partial charge on any atom is 0.281 e. The van der Waals surface area contributed by atoms with Gasteiger partial charge in [-0.2, -0.15) is 17.0 Å². The van der Waals surface area contributed by atoms with E-state index in [9.17, 15) is 8.42 Å². The maximum atomic E-state index is 12.3. The first-order valence-electron chi connectivity index (χ1n) is 6.31. The van der Waals surface area contributed by atoms with E-state index in [2.05, 4.69) is 0 Å². The smallest absolute Gasteiger partial charge is 0.195 e. The summed E-state index contributed by atoms with van der Waals surface area (Å²) in [5.41, 5.74) is 0. The lowest BCUT2D eigenvalue weighted by Gasteiger charge is -2.28. The first kappa shape index (κ1) is 13.9. The van der Waals surface area contributed by atoms with Crippen molar-refractivity contribution >= 4 is 10.2 Å². The van der Waals surface area contributed by atoms with E-state index in [0.29, 0.717) is 32.1 Å². The van der Waals surface area contributed by atoms with Crippen LogP contribution in [-0.2, 0) is 10.2 Å². The summed E-state index contributed by atoms with van der Waals surface area (Å²) in [4.78, 5) is 0. The molecule has 5 heteroatoms. The molecule has 0 unspecified atom stereocenters. The minimum absolute atomic E-state index is 0.559. The summed E-state index contributed by atoms with van der Waals surface area (Å²) in [7, 11) is -3.21. The quantitative estimate of drug-likeness (QED) is 0.656. The van der Waals surface area contributed by atoms with Crippen LogP contribution in [0.5, 0.6) is 0 Å². The Morgan fingerprint density at radius 3 is 2.00 bits per heavy atom. The lowest BCUT2D eigenvalue weighted by molar-refractivity contribution is 0.339. The van der Waals surface area contributed by atoms with Gasteiger partial charge in [0.15, 0.2) is 0 Å². The Hall–Kier alpha value is -0.130. The predicted octanol–water partition coefficient (Wildman–Crippen LogP) is 1.69. The highest BCUT2D eigenvalue weighted by Gasteiger charge is 2.32. The molecule has 96 valence electrons. The summed E-state index contributed by atoms with van der Waals surface area (Å²) in [5, 5.41) is 0. The van der Waals surface area contributed by atoms with Crippen LogP contribution in [0.4, 0.5) is 0 Å². The summed E-state index contributed by atoms with van der Waals surface area (Å²) in [5.74, 6) is 0.608. The SMILES string of the molecule is CCCN(CC1CC1)S(=O)(=O)N(CC)CC. The molecule has 1 fully saturated rings. The number of rotatable bonds is 8. The highest BCUT2D eigenvalue weighted by molar-refractivity contribution is 7.86. The zero-order valence-corrected chi connectivity index (χ0v) is 11.5. The van der Waals surface area contributed by atoms with Crippen LogP contribution < -0.4 is 0 Å². The molecule has 0 aromatic heterocycles. The van der Waals surface area contributed by atoms with Crippen molar-refractivity contribution in [1.29, 1.82) is 0 Å². The van der Waals surface area contributed by atoms with Crippen LogP contribution in [0.25, 0.3) is 0 Å². The monoisotopic (exact) mass is 248 g/mol. The second kappa shape index (κ2) is 5.98. The van der Waals surface area contributed by atoms with Crippen LogP contribution in [0.2, 0.25) is 0 Å². The van der Waals surface area contributed by atoms with Crippen LogP contribution in [0.3, 0.4) is 0 Å². The number of nitrogens with zero attached hydrogens (tertiary/aromatic N) is 2. The molecule has 0 amide bonds. The summed E-state index contributed by atoms with van der Waals surface area (Å²) in [6.45, 7) is 8.29. The molecular formula is C11H24N2O2S. The average molecular weight is 248 g/mol. The molecule has 0 aromatic carbocycles. The molecule has 0 bridgehead atoms. The van der Waals surface area contributed by atoms with E-state index >= 15 is 0 Å². The standard InChI is InChI=1S/C11H24N2O2S/c1-4-9-13(10-11-7-8-11)16(14,15)12(5-2)6-3/h11H,4-10H2,1-3H3. The minimum Gasteiger partial charge on any atom is -0.195 e. The van der Waals surface area contributed by atoms with Crippen LogP contribution in [0, 0.1) is 5.92 Å². The molecule has 0 atom stereocenters. The van der Waals surface area contributed by atoms with Crippen LogP contribution in [0.1, 0.15) is 40.0 Å². The normalized spacial score (nSPS) is 17.3. The Morgan fingerprint density at radius 2 is 1.62 bits per heavy atom. The Kier molecular flexibility index (Phi) is 5.21. The van der Waals surface area contributed by atoms with E-state index in [4.69, 9.17) is 0 Å². The maximum absolute atomic E-state index is 12.3. The van der Waals surface area contributed by atoms with Gasteiger partial charge < -0.3 is 0 Å². The van der Waals surface area contributed by atoms with Crippen molar-refractivity contribution in [2.24, 2.45) is 5.92 Å². The molecule has 0 aromatic rings. The van der Waals surface area contributed by atoms with Crippen molar-refractivity contribution in [3.63, 3.8) is 0 Å². The molecule has 0 radical (unpaired) electrons. The van der Waals surface area contributed by atoms with Gasteiger partial charge in [-0.25, -0.2) is 0 Å². The molecule has 4 nitrogen and oxygen atoms in total. The Labute approximate surface area is 99.8 Å². The van der Waals surface area contributed by atoms with Gasteiger partial charge in [0.05, 0.1) is 0 Å². The fraction of sp³-hybridized carbons (Fsp3) is 1.00. The Bertz CT molecular complexity index is 295. The highest BCUT2D eigenvalue weighted by Crippen LogP contribution is 2.31. The molecule has 1 aliphatic carbocycles. The summed E-state index contributed by atoms with van der Waals surface area (Å²) in [6.07, 6.45) is 3.26. The third-order valence-corrected chi connectivity index (χ3v) is 5.14. The van der Waals surface area contributed by atoms with E-state index in [1.807, 2.05) is 20.8 Å². The fourth-order valence-electron chi connectivity index (χ4n) is 1.85. The molecule has 1 rings (SSSR count). The van der Waals surface area contributed by atoms with Gasteiger partial charge in [-0.05, 0) is 25.2 Å². The molecule has 0 spiro atoms. The molecule has 0 aliphatic heterocycles. The van der Waals surface area contributed by atoms with E-state index in [-0.39, 0.29) is 0 Å². The van der Waals surface area contributed by atoms with E-state index in [0.717, 1.165) is 6.42 Å². The largest absolute Gasteiger partial charge is 0.281 e. The van der Waals surface area contributed by atoms with Gasteiger partial charge in [0.2, 0.25) is 0 Å². The molecule has 1 aliphatic rings. The molecule has 0 saturated heterocycles. The summed E-state index contributed by atoms with van der Waals surface area (Å²) in [6, 6.07) is 0. The van der Waals surface area contributed by atoms with Gasteiger partial charge in [-0.3, -0.25) is 0 Å². The second-order valence-corrected chi connectivity index (χ2v) is 6.32. The highest BCUT2D eigenvalue weighted by atomic mass is 32.2. The number of hydrogen-bond donors (Lipinski definition) is 0. The molecule has 0 N–H and O–H groups in total. The van der Waals surface area contributed by atoms with Crippen molar-refractivity contribution < 1.29 is 8.42 Å². The van der Waals surface area contributed by atoms with Gasteiger partial charge in [0.25, 0.3) is 10.2 Å². The third kappa shape index (κ3) is 3.43. The minimum atomic E-state index is -3.21. The third-order valence-electron chi connectivity index (χ3n) is 2.99. The topological polar surface area (TPSA) is 40.6 Å². The van der Waals surface area contributed by atoms with E-state index in [1.165, 1.54) is 12.8 Å². The zero-order chi connectivity index (χ0) is 12.2. The van der Waals surface area contributed by atoms with Crippen molar-refractivity contribution in [1.82, 2.24) is 8.61 Å². The van der Waals surface area contributed by atoms with Crippen molar-refractivity contribution in [3.8, 4) is 0 Å². The molecule has 0 heterocycles. The van der Waals surface area contributed by atoms with Crippen molar-refractivity contribution in [3.05, 3.63) is 0 Å². The first-order chi connectivity index (χ1) is 7.56. The van der Waals surface area contributed by atoms with Gasteiger partial charge >= 0.3 is 0 Å². The molecule has 1 saturated carbocycles. The molecule has 16 heavy (non-hydrogen) atoms. The van der Waals surface area contributed by atoms with Crippen molar-refractivity contribution in [2.75, 3.05) is 26.2 Å². The molecular weight excluding hydrogens is 224 g/mol. The average Bonchev–Trinajstić information content (AvgIpc) is 3.02. The van der Waals surface area contributed by atoms with Crippen LogP contribution in [-0.4, -0.2) is 43.2 Å². The van der Waals surface area contributed by atoms with E-state index in [1.54, 1.807) is 8.61 Å². The fourth-order valence-corrected chi connectivity index (χ4v) is 3.64.